The van der Waals surface area contributed by atoms with E-state index in [1.165, 1.54) is 0 Å². The number of benzene rings is 3. The zero-order valence-electron chi connectivity index (χ0n) is 17.7. The summed E-state index contributed by atoms with van der Waals surface area (Å²) in [6, 6.07) is 22.1. The molecule has 0 saturated carbocycles. The van der Waals surface area contributed by atoms with E-state index in [9.17, 15) is 0 Å². The second kappa shape index (κ2) is 7.87. The zero-order valence-corrected chi connectivity index (χ0v) is 17.7. The van der Waals surface area contributed by atoms with Crippen molar-refractivity contribution < 1.29 is 18.9 Å². The lowest BCUT2D eigenvalue weighted by Gasteiger charge is -2.38. The Kier molecular flexibility index (Phi) is 4.90. The smallest absolute Gasteiger partial charge is 0.217 e. The lowest BCUT2D eigenvalue weighted by atomic mass is 9.95. The highest BCUT2D eigenvalue weighted by Crippen LogP contribution is 2.49. The topological polar surface area (TPSA) is 52.5 Å². The molecule has 0 bridgehead atoms. The lowest BCUT2D eigenvalue weighted by Crippen LogP contribution is -2.34. The minimum Gasteiger partial charge on any atom is -0.497 e. The maximum Gasteiger partial charge on any atom is 0.217 e. The van der Waals surface area contributed by atoms with Gasteiger partial charge < -0.3 is 18.9 Å². The summed E-state index contributed by atoms with van der Waals surface area (Å²) in [4.78, 5) is 0. The molecule has 3 aromatic carbocycles. The van der Waals surface area contributed by atoms with Crippen LogP contribution in [-0.4, -0.2) is 32.0 Å². The molecule has 158 valence electrons. The van der Waals surface area contributed by atoms with Gasteiger partial charge >= 0.3 is 0 Å². The lowest BCUT2D eigenvalue weighted by molar-refractivity contribution is -0.0205. The first-order valence-corrected chi connectivity index (χ1v) is 10.2. The largest absolute Gasteiger partial charge is 0.497 e. The van der Waals surface area contributed by atoms with E-state index in [1.807, 2.05) is 65.7 Å². The van der Waals surface area contributed by atoms with Gasteiger partial charge in [0.05, 0.1) is 38.6 Å². The molecule has 2 atom stereocenters. The van der Waals surface area contributed by atoms with Gasteiger partial charge in [0.25, 0.3) is 0 Å². The molecule has 2 aliphatic rings. The van der Waals surface area contributed by atoms with Crippen LogP contribution in [0.15, 0.2) is 71.8 Å². The summed E-state index contributed by atoms with van der Waals surface area (Å²) in [7, 11) is 4.95. The van der Waals surface area contributed by atoms with Gasteiger partial charge in [-0.2, -0.15) is 5.10 Å². The van der Waals surface area contributed by atoms with Crippen molar-refractivity contribution in [1.82, 2.24) is 5.01 Å². The maximum atomic E-state index is 6.46. The Balaban J connectivity index is 1.60. The molecule has 6 heteroatoms. The van der Waals surface area contributed by atoms with E-state index in [4.69, 9.17) is 24.0 Å². The van der Waals surface area contributed by atoms with Gasteiger partial charge in [-0.25, -0.2) is 5.01 Å². The van der Waals surface area contributed by atoms with E-state index in [2.05, 4.69) is 6.07 Å². The summed E-state index contributed by atoms with van der Waals surface area (Å²) in [6.45, 7) is 0. The third-order valence-electron chi connectivity index (χ3n) is 5.82. The van der Waals surface area contributed by atoms with Crippen LogP contribution in [0.5, 0.6) is 23.0 Å². The van der Waals surface area contributed by atoms with Gasteiger partial charge in [0.15, 0.2) is 11.5 Å². The molecule has 0 N–H and O–H groups in total. The predicted octanol–water partition coefficient (Wildman–Crippen LogP) is 4.95. The van der Waals surface area contributed by atoms with E-state index < -0.39 is 6.23 Å². The number of rotatable bonds is 5. The summed E-state index contributed by atoms with van der Waals surface area (Å²) >= 11 is 0. The first kappa shape index (κ1) is 19.3. The minimum atomic E-state index is -0.430. The van der Waals surface area contributed by atoms with Crippen molar-refractivity contribution in [2.75, 3.05) is 21.3 Å². The Morgan fingerprint density at radius 1 is 0.839 bits per heavy atom. The number of hydrazone groups is 1. The van der Waals surface area contributed by atoms with E-state index in [1.54, 1.807) is 21.3 Å². The van der Waals surface area contributed by atoms with Crippen molar-refractivity contribution in [2.24, 2.45) is 5.10 Å². The molecule has 0 saturated heterocycles. The summed E-state index contributed by atoms with van der Waals surface area (Å²) in [6.07, 6.45) is 0.357. The number of fused-ring (bicyclic) bond motifs is 3. The minimum absolute atomic E-state index is 0.0722. The second-order valence-electron chi connectivity index (χ2n) is 7.47. The number of hydrogen-bond donors (Lipinski definition) is 0. The molecule has 5 rings (SSSR count). The first-order chi connectivity index (χ1) is 15.2. The van der Waals surface area contributed by atoms with Crippen LogP contribution in [0.2, 0.25) is 0 Å². The molecule has 0 unspecified atom stereocenters. The molecule has 31 heavy (non-hydrogen) atoms. The summed E-state index contributed by atoms with van der Waals surface area (Å²) in [5, 5.41) is 7.05. The fraction of sp³-hybridized carbons (Fsp3) is 0.240. The van der Waals surface area contributed by atoms with Gasteiger partial charge in [-0.05, 0) is 48.0 Å². The van der Waals surface area contributed by atoms with Crippen LogP contribution in [0.25, 0.3) is 0 Å². The number of hydrogen-bond acceptors (Lipinski definition) is 6. The van der Waals surface area contributed by atoms with Crippen LogP contribution in [0.1, 0.15) is 35.4 Å². The SMILES string of the molecule is COc1ccc(C2=NN3[C@@H](c4cccc(OC)c4OC)Oc4ccccc4[C@@H]3C2)cc1. The fourth-order valence-corrected chi connectivity index (χ4v) is 4.30. The molecule has 2 heterocycles. The molecule has 3 aromatic rings. The monoisotopic (exact) mass is 416 g/mol. The predicted molar refractivity (Wildman–Crippen MR) is 118 cm³/mol. The highest BCUT2D eigenvalue weighted by molar-refractivity contribution is 6.02. The van der Waals surface area contributed by atoms with Crippen molar-refractivity contribution in [3.8, 4) is 23.0 Å². The second-order valence-corrected chi connectivity index (χ2v) is 7.47. The van der Waals surface area contributed by atoms with Crippen LogP contribution < -0.4 is 18.9 Å². The first-order valence-electron chi connectivity index (χ1n) is 10.2. The third kappa shape index (κ3) is 3.24. The Labute approximate surface area is 181 Å². The third-order valence-corrected chi connectivity index (χ3v) is 5.82. The highest BCUT2D eigenvalue weighted by Gasteiger charge is 2.42. The summed E-state index contributed by atoms with van der Waals surface area (Å²) in [5.41, 5.74) is 4.10. The summed E-state index contributed by atoms with van der Waals surface area (Å²) in [5.74, 6) is 3.01. The molecule has 0 aromatic heterocycles. The van der Waals surface area contributed by atoms with Crippen LogP contribution >= 0.6 is 0 Å². The molecule has 2 aliphatic heterocycles. The normalized spacial score (nSPS) is 19.1. The molecule has 0 fully saturated rings. The fourth-order valence-electron chi connectivity index (χ4n) is 4.30. The Morgan fingerprint density at radius 3 is 2.35 bits per heavy atom. The number of ether oxygens (including phenoxy) is 4. The molecule has 0 spiro atoms. The maximum absolute atomic E-state index is 6.46. The van der Waals surface area contributed by atoms with Gasteiger partial charge in [0.2, 0.25) is 6.23 Å². The van der Waals surface area contributed by atoms with Crippen LogP contribution in [0, 0.1) is 0 Å². The number of methoxy groups -OCH3 is 3. The Morgan fingerprint density at radius 2 is 1.61 bits per heavy atom. The summed E-state index contributed by atoms with van der Waals surface area (Å²) < 4.78 is 23.0. The zero-order chi connectivity index (χ0) is 21.4. The average Bonchev–Trinajstić information content (AvgIpc) is 3.29. The van der Waals surface area contributed by atoms with Crippen molar-refractivity contribution in [3.63, 3.8) is 0 Å². The molecule has 0 amide bonds. The van der Waals surface area contributed by atoms with Crippen LogP contribution in [0.4, 0.5) is 0 Å². The molecular weight excluding hydrogens is 392 g/mol. The van der Waals surface area contributed by atoms with Crippen molar-refractivity contribution in [1.29, 1.82) is 0 Å². The number of nitrogens with zero attached hydrogens (tertiary/aromatic N) is 2. The Bertz CT molecular complexity index is 1130. The van der Waals surface area contributed by atoms with E-state index in [0.29, 0.717) is 11.5 Å². The van der Waals surface area contributed by atoms with Gasteiger partial charge in [-0.15, -0.1) is 0 Å². The van der Waals surface area contributed by atoms with Gasteiger partial charge in [-0.3, -0.25) is 0 Å². The standard InChI is InChI=1S/C25H24N2O4/c1-28-17-13-11-16(12-14-17)20-15-21-18-7-4-5-9-22(18)31-25(27(21)26-20)19-8-6-10-23(29-2)24(19)30-3/h4-14,21,25H,15H2,1-3H3/t21-,25+/m0/s1. The van der Waals surface area contributed by atoms with Gasteiger partial charge in [0.1, 0.15) is 11.5 Å². The molecule has 0 aliphatic carbocycles. The average molecular weight is 416 g/mol. The quantitative estimate of drug-likeness (QED) is 0.589. The van der Waals surface area contributed by atoms with Crippen molar-refractivity contribution in [3.05, 3.63) is 83.4 Å². The van der Waals surface area contributed by atoms with Crippen molar-refractivity contribution >= 4 is 5.71 Å². The van der Waals surface area contributed by atoms with E-state index >= 15 is 0 Å². The van der Waals surface area contributed by atoms with Crippen molar-refractivity contribution in [2.45, 2.75) is 18.7 Å². The van der Waals surface area contributed by atoms with E-state index in [-0.39, 0.29) is 6.04 Å². The molecule has 6 nitrogen and oxygen atoms in total. The van der Waals surface area contributed by atoms with E-state index in [0.717, 1.165) is 40.3 Å². The molecular formula is C25H24N2O4. The highest BCUT2D eigenvalue weighted by atomic mass is 16.5. The molecule has 0 radical (unpaired) electrons. The van der Waals surface area contributed by atoms with Gasteiger partial charge in [-0.1, -0.05) is 24.3 Å². The number of para-hydroxylation sites is 2. The Hall–Kier alpha value is -3.67. The van der Waals surface area contributed by atoms with Crippen LogP contribution in [0.3, 0.4) is 0 Å². The van der Waals surface area contributed by atoms with Gasteiger partial charge in [0, 0.05) is 12.0 Å². The van der Waals surface area contributed by atoms with Crippen LogP contribution in [-0.2, 0) is 0 Å².